The summed E-state index contributed by atoms with van der Waals surface area (Å²) in [5, 5.41) is 11.5. The van der Waals surface area contributed by atoms with Gasteiger partial charge in [0.1, 0.15) is 11.9 Å². The highest BCUT2D eigenvalue weighted by Crippen LogP contribution is 2.34. The number of hydrogen-bond donors (Lipinski definition) is 0. The molecule has 2 aromatic rings. The summed E-state index contributed by atoms with van der Waals surface area (Å²) in [4.78, 5) is 0. The number of thiophene rings is 1. The summed E-state index contributed by atoms with van der Waals surface area (Å²) < 4.78 is 14.1. The highest BCUT2D eigenvalue weighted by atomic mass is 32.1. The fraction of sp³-hybridized carbons (Fsp3) is 0.250. The van der Waals surface area contributed by atoms with Crippen molar-refractivity contribution in [2.45, 2.75) is 19.8 Å². The van der Waals surface area contributed by atoms with Gasteiger partial charge in [-0.15, -0.1) is 11.3 Å². The Labute approximate surface area is 91.8 Å². The van der Waals surface area contributed by atoms with Gasteiger partial charge in [0.05, 0.1) is 10.3 Å². The van der Waals surface area contributed by atoms with Crippen LogP contribution in [0, 0.1) is 17.1 Å². The van der Waals surface area contributed by atoms with Crippen molar-refractivity contribution in [2.75, 3.05) is 0 Å². The second kappa shape index (κ2) is 3.63. The quantitative estimate of drug-likeness (QED) is 0.710. The van der Waals surface area contributed by atoms with Crippen molar-refractivity contribution in [1.29, 1.82) is 5.26 Å². The van der Waals surface area contributed by atoms with E-state index in [0.29, 0.717) is 16.2 Å². The lowest BCUT2D eigenvalue weighted by Crippen LogP contribution is -1.90. The summed E-state index contributed by atoms with van der Waals surface area (Å²) in [6.45, 7) is 4.09. The van der Waals surface area contributed by atoms with Gasteiger partial charge in [0.25, 0.3) is 0 Å². The second-order valence-corrected chi connectivity index (χ2v) is 4.64. The maximum absolute atomic E-state index is 13.5. The first-order chi connectivity index (χ1) is 7.15. The molecule has 0 amide bonds. The molecule has 0 saturated carbocycles. The van der Waals surface area contributed by atoms with E-state index in [1.807, 2.05) is 13.8 Å². The lowest BCUT2D eigenvalue weighted by Gasteiger charge is -2.07. The normalized spacial score (nSPS) is 10.9. The molecular formula is C12H10FNS. The molecule has 0 spiro atoms. The molecule has 3 heteroatoms. The minimum absolute atomic E-state index is 0.235. The summed E-state index contributed by atoms with van der Waals surface area (Å²) in [5.74, 6) is 0.0655. The number of halogens is 1. The van der Waals surface area contributed by atoms with E-state index in [2.05, 4.69) is 6.07 Å². The molecule has 0 atom stereocenters. The fourth-order valence-electron chi connectivity index (χ4n) is 1.71. The van der Waals surface area contributed by atoms with E-state index in [4.69, 9.17) is 5.26 Å². The van der Waals surface area contributed by atoms with Gasteiger partial charge in [-0.25, -0.2) is 4.39 Å². The van der Waals surface area contributed by atoms with Gasteiger partial charge in [-0.2, -0.15) is 5.26 Å². The molecule has 1 nitrogen and oxygen atoms in total. The van der Waals surface area contributed by atoms with Crippen molar-refractivity contribution in [3.05, 3.63) is 34.5 Å². The van der Waals surface area contributed by atoms with Crippen LogP contribution in [-0.4, -0.2) is 0 Å². The van der Waals surface area contributed by atoms with Crippen LogP contribution in [-0.2, 0) is 0 Å². The largest absolute Gasteiger partial charge is 0.205 e. The molecule has 1 aromatic carbocycles. The Balaban J connectivity index is 2.89. The zero-order valence-corrected chi connectivity index (χ0v) is 9.36. The van der Waals surface area contributed by atoms with E-state index in [9.17, 15) is 4.39 Å². The Morgan fingerprint density at radius 2 is 2.13 bits per heavy atom. The monoisotopic (exact) mass is 219 g/mol. The Bertz CT molecular complexity index is 548. The fourth-order valence-corrected chi connectivity index (χ4v) is 2.64. The summed E-state index contributed by atoms with van der Waals surface area (Å²) in [7, 11) is 0. The second-order valence-electron chi connectivity index (χ2n) is 3.76. The van der Waals surface area contributed by atoms with Crippen LogP contribution < -0.4 is 0 Å². The zero-order valence-electron chi connectivity index (χ0n) is 8.54. The van der Waals surface area contributed by atoms with E-state index in [0.717, 1.165) is 10.9 Å². The van der Waals surface area contributed by atoms with Crippen molar-refractivity contribution < 1.29 is 4.39 Å². The van der Waals surface area contributed by atoms with Crippen LogP contribution in [0.1, 0.15) is 30.9 Å². The highest BCUT2D eigenvalue weighted by molar-refractivity contribution is 7.17. The van der Waals surface area contributed by atoms with E-state index < -0.39 is 0 Å². The Hall–Kier alpha value is -1.40. The van der Waals surface area contributed by atoms with Crippen LogP contribution in [0.15, 0.2) is 17.5 Å². The van der Waals surface area contributed by atoms with Gasteiger partial charge >= 0.3 is 0 Å². The molecular weight excluding hydrogens is 209 g/mol. The number of fused-ring (bicyclic) bond motifs is 1. The SMILES string of the molecule is CC(C)c1ccc(F)c2scc(C#N)c12. The van der Waals surface area contributed by atoms with Crippen LogP contribution in [0.2, 0.25) is 0 Å². The summed E-state index contributed by atoms with van der Waals surface area (Å²) in [6.07, 6.45) is 0. The molecule has 76 valence electrons. The number of nitrogens with zero attached hydrogens (tertiary/aromatic N) is 1. The van der Waals surface area contributed by atoms with Gasteiger partial charge in [0.15, 0.2) is 0 Å². The predicted molar refractivity (Wildman–Crippen MR) is 60.6 cm³/mol. The third-order valence-corrected chi connectivity index (χ3v) is 3.44. The minimum atomic E-state index is -0.235. The topological polar surface area (TPSA) is 23.8 Å². The first kappa shape index (κ1) is 10.1. The molecule has 0 saturated heterocycles. The summed E-state index contributed by atoms with van der Waals surface area (Å²) in [6, 6.07) is 5.37. The van der Waals surface area contributed by atoms with Gasteiger partial charge < -0.3 is 0 Å². The van der Waals surface area contributed by atoms with E-state index in [-0.39, 0.29) is 5.82 Å². The Kier molecular flexibility index (Phi) is 2.45. The molecule has 0 radical (unpaired) electrons. The standard InChI is InChI=1S/C12H10FNS/c1-7(2)9-3-4-10(13)12-11(9)8(5-14)6-15-12/h3-4,6-7H,1-2H3. The third-order valence-electron chi connectivity index (χ3n) is 2.45. The smallest absolute Gasteiger partial charge is 0.141 e. The lowest BCUT2D eigenvalue weighted by atomic mass is 9.97. The van der Waals surface area contributed by atoms with Crippen LogP contribution in [0.25, 0.3) is 10.1 Å². The molecule has 1 aromatic heterocycles. The molecule has 0 unspecified atom stereocenters. The minimum Gasteiger partial charge on any atom is -0.205 e. The summed E-state index contributed by atoms with van der Waals surface area (Å²) >= 11 is 1.30. The number of hydrogen-bond acceptors (Lipinski definition) is 2. The first-order valence-electron chi connectivity index (χ1n) is 4.75. The molecule has 0 bridgehead atoms. The number of rotatable bonds is 1. The highest BCUT2D eigenvalue weighted by Gasteiger charge is 2.14. The molecule has 0 aliphatic rings. The van der Waals surface area contributed by atoms with Crippen LogP contribution in [0.5, 0.6) is 0 Å². The molecule has 0 aliphatic carbocycles. The lowest BCUT2D eigenvalue weighted by molar-refractivity contribution is 0.641. The zero-order chi connectivity index (χ0) is 11.0. The average Bonchev–Trinajstić information content (AvgIpc) is 2.62. The van der Waals surface area contributed by atoms with Crippen LogP contribution in [0.3, 0.4) is 0 Å². The van der Waals surface area contributed by atoms with Crippen molar-refractivity contribution in [1.82, 2.24) is 0 Å². The van der Waals surface area contributed by atoms with E-state index >= 15 is 0 Å². The predicted octanol–water partition coefficient (Wildman–Crippen LogP) is 4.04. The van der Waals surface area contributed by atoms with Gasteiger partial charge in [-0.3, -0.25) is 0 Å². The van der Waals surface area contributed by atoms with Crippen molar-refractivity contribution in [3.63, 3.8) is 0 Å². The maximum Gasteiger partial charge on any atom is 0.141 e. The van der Waals surface area contributed by atoms with Crippen molar-refractivity contribution in [2.24, 2.45) is 0 Å². The Morgan fingerprint density at radius 3 is 2.73 bits per heavy atom. The Morgan fingerprint density at radius 1 is 1.40 bits per heavy atom. The van der Waals surface area contributed by atoms with Crippen molar-refractivity contribution in [3.8, 4) is 6.07 Å². The molecule has 2 rings (SSSR count). The number of benzene rings is 1. The van der Waals surface area contributed by atoms with E-state index in [1.54, 1.807) is 11.4 Å². The van der Waals surface area contributed by atoms with E-state index in [1.165, 1.54) is 17.4 Å². The maximum atomic E-state index is 13.5. The molecule has 1 heterocycles. The van der Waals surface area contributed by atoms with Gasteiger partial charge in [0, 0.05) is 10.8 Å². The van der Waals surface area contributed by atoms with Gasteiger partial charge in [0.2, 0.25) is 0 Å². The van der Waals surface area contributed by atoms with Crippen LogP contribution >= 0.6 is 11.3 Å². The number of nitriles is 1. The molecule has 0 fully saturated rings. The molecule has 0 N–H and O–H groups in total. The molecule has 15 heavy (non-hydrogen) atoms. The third kappa shape index (κ3) is 1.51. The van der Waals surface area contributed by atoms with Gasteiger partial charge in [-0.1, -0.05) is 19.9 Å². The van der Waals surface area contributed by atoms with Crippen LogP contribution in [0.4, 0.5) is 4.39 Å². The first-order valence-corrected chi connectivity index (χ1v) is 5.62. The van der Waals surface area contributed by atoms with Gasteiger partial charge in [-0.05, 0) is 17.5 Å². The summed E-state index contributed by atoms with van der Waals surface area (Å²) in [5.41, 5.74) is 1.63. The van der Waals surface area contributed by atoms with Crippen molar-refractivity contribution >= 4 is 21.4 Å². The molecule has 0 aliphatic heterocycles. The average molecular weight is 219 g/mol.